The van der Waals surface area contributed by atoms with Gasteiger partial charge in [0.25, 0.3) is 5.91 Å². The summed E-state index contributed by atoms with van der Waals surface area (Å²) in [5.74, 6) is -2.55. The van der Waals surface area contributed by atoms with Crippen molar-refractivity contribution in [2.45, 2.75) is 12.5 Å². The number of hydrogen-bond donors (Lipinski definition) is 0. The maximum absolute atomic E-state index is 14.9. The molecular weight excluding hydrogens is 428 g/mol. The quantitative estimate of drug-likeness (QED) is 0.524. The lowest BCUT2D eigenvalue weighted by Crippen LogP contribution is -2.31. The molecule has 0 radical (unpaired) electrons. The third-order valence-corrected chi connectivity index (χ3v) is 6.02. The van der Waals surface area contributed by atoms with E-state index in [9.17, 15) is 18.4 Å². The van der Waals surface area contributed by atoms with Crippen LogP contribution in [0.5, 0.6) is 0 Å². The normalized spacial score (nSPS) is 15.8. The molecule has 0 saturated carbocycles. The van der Waals surface area contributed by atoms with Crippen molar-refractivity contribution in [1.29, 1.82) is 0 Å². The number of carbonyl (C=O) groups is 2. The molecule has 0 bridgehead atoms. The molecule has 1 fully saturated rings. The van der Waals surface area contributed by atoms with Crippen molar-refractivity contribution in [2.75, 3.05) is 44.0 Å². The predicted octanol–water partition coefficient (Wildman–Crippen LogP) is 4.21. The van der Waals surface area contributed by atoms with Gasteiger partial charge in [-0.25, -0.2) is 8.78 Å². The fourth-order valence-corrected chi connectivity index (χ4v) is 3.98. The highest BCUT2D eigenvalue weighted by molar-refractivity contribution is 6.09. The number of nitrogens with zero attached hydrogens (tertiary/aromatic N) is 3. The fraction of sp³-hybridized carbons (Fsp3) is 0.280. The zero-order valence-electron chi connectivity index (χ0n) is 18.7. The zero-order chi connectivity index (χ0) is 23.7. The third-order valence-electron chi connectivity index (χ3n) is 6.02. The van der Waals surface area contributed by atoms with E-state index in [-0.39, 0.29) is 17.1 Å². The first kappa shape index (κ1) is 22.7. The Kier molecular flexibility index (Phi) is 6.29. The van der Waals surface area contributed by atoms with Crippen LogP contribution in [0.4, 0.5) is 20.2 Å². The predicted molar refractivity (Wildman–Crippen MR) is 122 cm³/mol. The van der Waals surface area contributed by atoms with Gasteiger partial charge in [0.05, 0.1) is 11.3 Å². The van der Waals surface area contributed by atoms with Crippen LogP contribution in [0.25, 0.3) is 0 Å². The van der Waals surface area contributed by atoms with E-state index in [1.165, 1.54) is 48.3 Å². The topological polar surface area (TPSA) is 57.0 Å². The first-order valence-electron chi connectivity index (χ1n) is 10.6. The minimum atomic E-state index is -0.672. The summed E-state index contributed by atoms with van der Waals surface area (Å²) >= 11 is 0. The SMILES string of the molecule is CN(C(=O)c1ccc(C(=O)c2ccccc2F)o1)c1ccc(N2CCC(N(C)C)C2)c(F)c1. The van der Waals surface area contributed by atoms with Crippen LogP contribution in [0.3, 0.4) is 0 Å². The molecule has 0 spiro atoms. The molecule has 6 nitrogen and oxygen atoms in total. The van der Waals surface area contributed by atoms with Gasteiger partial charge in [-0.15, -0.1) is 0 Å². The highest BCUT2D eigenvalue weighted by Gasteiger charge is 2.27. The summed E-state index contributed by atoms with van der Waals surface area (Å²) in [6, 6.07) is 13.2. The van der Waals surface area contributed by atoms with Gasteiger partial charge in [-0.05, 0) is 63.0 Å². The molecule has 1 atom stereocenters. The molecule has 0 N–H and O–H groups in total. The second-order valence-corrected chi connectivity index (χ2v) is 8.32. The Morgan fingerprint density at radius 2 is 1.70 bits per heavy atom. The van der Waals surface area contributed by atoms with Crippen LogP contribution in [-0.4, -0.2) is 56.9 Å². The maximum Gasteiger partial charge on any atom is 0.293 e. The molecule has 2 heterocycles. The molecule has 172 valence electrons. The second-order valence-electron chi connectivity index (χ2n) is 8.32. The second kappa shape index (κ2) is 9.15. The van der Waals surface area contributed by atoms with Crippen LogP contribution in [0.2, 0.25) is 0 Å². The number of hydrogen-bond acceptors (Lipinski definition) is 5. The summed E-state index contributed by atoms with van der Waals surface area (Å²) in [6.45, 7) is 1.50. The maximum atomic E-state index is 14.9. The van der Waals surface area contributed by atoms with E-state index in [0.717, 1.165) is 19.5 Å². The number of benzene rings is 2. The summed E-state index contributed by atoms with van der Waals surface area (Å²) < 4.78 is 34.2. The van der Waals surface area contributed by atoms with Crippen LogP contribution >= 0.6 is 0 Å². The number of likely N-dealkylation sites (N-methyl/N-ethyl adjacent to an activating group) is 1. The van der Waals surface area contributed by atoms with Crippen molar-refractivity contribution < 1.29 is 22.8 Å². The molecule has 33 heavy (non-hydrogen) atoms. The number of ketones is 1. The summed E-state index contributed by atoms with van der Waals surface area (Å²) in [7, 11) is 5.52. The van der Waals surface area contributed by atoms with Crippen LogP contribution < -0.4 is 9.80 Å². The van der Waals surface area contributed by atoms with Crippen molar-refractivity contribution in [2.24, 2.45) is 0 Å². The summed E-state index contributed by atoms with van der Waals surface area (Å²) in [5, 5.41) is 0. The van der Waals surface area contributed by atoms with E-state index in [0.29, 0.717) is 17.4 Å². The first-order valence-corrected chi connectivity index (χ1v) is 10.6. The molecule has 1 aromatic heterocycles. The van der Waals surface area contributed by atoms with Gasteiger partial charge in [0.15, 0.2) is 11.5 Å². The molecule has 1 aliphatic heterocycles. The molecule has 3 aromatic rings. The van der Waals surface area contributed by atoms with Crippen molar-refractivity contribution >= 4 is 23.1 Å². The number of anilines is 2. The van der Waals surface area contributed by atoms with Crippen molar-refractivity contribution in [1.82, 2.24) is 4.90 Å². The van der Waals surface area contributed by atoms with Gasteiger partial charge in [-0.2, -0.15) is 0 Å². The first-order chi connectivity index (χ1) is 15.8. The van der Waals surface area contributed by atoms with E-state index in [1.807, 2.05) is 19.0 Å². The van der Waals surface area contributed by atoms with Gasteiger partial charge < -0.3 is 19.1 Å². The zero-order valence-corrected chi connectivity index (χ0v) is 18.7. The van der Waals surface area contributed by atoms with E-state index < -0.39 is 23.3 Å². The summed E-state index contributed by atoms with van der Waals surface area (Å²) in [4.78, 5) is 30.7. The summed E-state index contributed by atoms with van der Waals surface area (Å²) in [5.41, 5.74) is 0.706. The molecule has 1 amide bonds. The Hall–Kier alpha value is -3.52. The van der Waals surface area contributed by atoms with E-state index >= 15 is 0 Å². The molecular formula is C25H25F2N3O3. The van der Waals surface area contributed by atoms with E-state index in [4.69, 9.17) is 4.42 Å². The van der Waals surface area contributed by atoms with Crippen LogP contribution in [-0.2, 0) is 0 Å². The number of halogens is 2. The Labute approximate surface area is 191 Å². The average Bonchev–Trinajstić information content (AvgIpc) is 3.48. The Balaban J connectivity index is 1.49. The smallest absolute Gasteiger partial charge is 0.293 e. The molecule has 8 heteroatoms. The molecule has 1 aliphatic rings. The molecule has 4 rings (SSSR count). The van der Waals surface area contributed by atoms with Crippen molar-refractivity contribution in [3.05, 3.63) is 83.3 Å². The van der Waals surface area contributed by atoms with Gasteiger partial charge in [0.1, 0.15) is 11.6 Å². The molecule has 2 aromatic carbocycles. The van der Waals surface area contributed by atoms with E-state index in [1.54, 1.807) is 18.2 Å². The number of furan rings is 1. The van der Waals surface area contributed by atoms with Crippen LogP contribution in [0, 0.1) is 11.6 Å². The van der Waals surface area contributed by atoms with Crippen LogP contribution in [0.15, 0.2) is 59.0 Å². The monoisotopic (exact) mass is 453 g/mol. The molecule has 1 saturated heterocycles. The van der Waals surface area contributed by atoms with Gasteiger partial charge in [0.2, 0.25) is 5.78 Å². The van der Waals surface area contributed by atoms with E-state index in [2.05, 4.69) is 4.90 Å². The third kappa shape index (κ3) is 4.52. The van der Waals surface area contributed by atoms with Gasteiger partial charge in [-0.3, -0.25) is 9.59 Å². The Morgan fingerprint density at radius 1 is 0.970 bits per heavy atom. The minimum absolute atomic E-state index is 0.102. The highest BCUT2D eigenvalue weighted by Crippen LogP contribution is 2.29. The number of amides is 1. The number of carbonyl (C=O) groups excluding carboxylic acids is 2. The van der Waals surface area contributed by atoms with Gasteiger partial charge >= 0.3 is 0 Å². The van der Waals surface area contributed by atoms with Crippen molar-refractivity contribution in [3.8, 4) is 0 Å². The lowest BCUT2D eigenvalue weighted by atomic mass is 10.1. The van der Waals surface area contributed by atoms with Crippen LogP contribution in [0.1, 0.15) is 33.1 Å². The van der Waals surface area contributed by atoms with Gasteiger partial charge in [-0.1, -0.05) is 12.1 Å². The highest BCUT2D eigenvalue weighted by atomic mass is 19.1. The lowest BCUT2D eigenvalue weighted by molar-refractivity contribution is 0.0955. The number of rotatable bonds is 6. The average molecular weight is 453 g/mol. The minimum Gasteiger partial charge on any atom is -0.447 e. The lowest BCUT2D eigenvalue weighted by Gasteiger charge is -2.23. The largest absolute Gasteiger partial charge is 0.447 e. The molecule has 0 aliphatic carbocycles. The Bertz CT molecular complexity index is 1190. The van der Waals surface area contributed by atoms with Crippen molar-refractivity contribution in [3.63, 3.8) is 0 Å². The summed E-state index contributed by atoms with van der Waals surface area (Å²) in [6.07, 6.45) is 0.957. The Morgan fingerprint density at radius 3 is 2.36 bits per heavy atom. The fourth-order valence-electron chi connectivity index (χ4n) is 3.98. The molecule has 1 unspecified atom stereocenters. The van der Waals surface area contributed by atoms with Gasteiger partial charge in [0, 0.05) is 31.9 Å². The standard InChI is InChI=1S/C25H25F2N3O3/c1-28(2)17-12-13-30(15-17)21-9-8-16(14-20(21)27)29(3)25(32)23-11-10-22(33-23)24(31)18-6-4-5-7-19(18)26/h4-11,14,17H,12-13,15H2,1-3H3.